The van der Waals surface area contributed by atoms with Gasteiger partial charge in [0.15, 0.2) is 6.04 Å². The van der Waals surface area contributed by atoms with Crippen LogP contribution in [0, 0.1) is 6.92 Å². The highest BCUT2D eigenvalue weighted by atomic mass is 16.2. The maximum Gasteiger partial charge on any atom is 0.279 e. The molecule has 3 rings (SSSR count). The van der Waals surface area contributed by atoms with Gasteiger partial charge in [0.2, 0.25) is 5.91 Å². The highest BCUT2D eigenvalue weighted by Crippen LogP contribution is 2.13. The molecule has 0 radical (unpaired) electrons. The van der Waals surface area contributed by atoms with E-state index in [2.05, 4.69) is 22.8 Å². The van der Waals surface area contributed by atoms with Crippen LogP contribution in [0.2, 0.25) is 0 Å². The summed E-state index contributed by atoms with van der Waals surface area (Å²) in [4.78, 5) is 24.8. The van der Waals surface area contributed by atoms with Crippen molar-refractivity contribution in [3.63, 3.8) is 0 Å². The molecule has 0 aliphatic carbocycles. The van der Waals surface area contributed by atoms with E-state index in [4.69, 9.17) is 0 Å². The van der Waals surface area contributed by atoms with E-state index in [0.717, 1.165) is 17.8 Å². The van der Waals surface area contributed by atoms with Crippen molar-refractivity contribution in [2.24, 2.45) is 0 Å². The minimum absolute atomic E-state index is 0.0962. The van der Waals surface area contributed by atoms with E-state index >= 15 is 0 Å². The molecule has 2 atom stereocenters. The predicted molar refractivity (Wildman–Crippen MR) is 97.0 cm³/mol. The smallest absolute Gasteiger partial charge is 0.279 e. The highest BCUT2D eigenvalue weighted by Gasteiger charge is 2.29. The van der Waals surface area contributed by atoms with Gasteiger partial charge in [0, 0.05) is 17.7 Å². The lowest BCUT2D eigenvalue weighted by Gasteiger charge is -2.23. The van der Waals surface area contributed by atoms with Crippen molar-refractivity contribution in [3.05, 3.63) is 65.2 Å². The molecular weight excluding hydrogens is 314 g/mol. The molecular formula is C20H24N3O2+. The number of fused-ring (bicyclic) bond motifs is 1. The molecule has 1 aliphatic heterocycles. The molecule has 0 bridgehead atoms. The Morgan fingerprint density at radius 1 is 1.08 bits per heavy atom. The summed E-state index contributed by atoms with van der Waals surface area (Å²) in [6, 6.07) is 15.0. The van der Waals surface area contributed by atoms with Gasteiger partial charge >= 0.3 is 0 Å². The van der Waals surface area contributed by atoms with E-state index in [1.807, 2.05) is 48.6 Å². The fourth-order valence-corrected chi connectivity index (χ4v) is 3.02. The molecule has 0 saturated heterocycles. The summed E-state index contributed by atoms with van der Waals surface area (Å²) in [7, 11) is 0. The maximum absolute atomic E-state index is 12.5. The lowest BCUT2D eigenvalue weighted by atomic mass is 9.95. The number of quaternary nitrogens is 1. The molecule has 5 nitrogen and oxygen atoms in total. The first-order valence-electron chi connectivity index (χ1n) is 8.61. The average Bonchev–Trinajstić information content (AvgIpc) is 2.63. The summed E-state index contributed by atoms with van der Waals surface area (Å²) in [6.07, 6.45) is 0.689. The Morgan fingerprint density at radius 3 is 2.48 bits per heavy atom. The fraction of sp³-hybridized carbons (Fsp3) is 0.300. The molecule has 0 unspecified atom stereocenters. The summed E-state index contributed by atoms with van der Waals surface area (Å²) < 4.78 is 0. The Kier molecular flexibility index (Phi) is 5.14. The number of carbonyl (C=O) groups excluding carboxylic acids is 2. The number of benzene rings is 2. The van der Waals surface area contributed by atoms with E-state index in [1.165, 1.54) is 11.1 Å². The molecule has 1 heterocycles. The van der Waals surface area contributed by atoms with Crippen LogP contribution in [0.5, 0.6) is 0 Å². The van der Waals surface area contributed by atoms with Crippen molar-refractivity contribution in [3.8, 4) is 0 Å². The van der Waals surface area contributed by atoms with Crippen LogP contribution >= 0.6 is 0 Å². The molecule has 2 aromatic rings. The Hall–Kier alpha value is -2.66. The fourth-order valence-electron chi connectivity index (χ4n) is 3.02. The van der Waals surface area contributed by atoms with Crippen LogP contribution in [0.3, 0.4) is 0 Å². The predicted octanol–water partition coefficient (Wildman–Crippen LogP) is 1.13. The van der Waals surface area contributed by atoms with Crippen LogP contribution in [-0.4, -0.2) is 23.9 Å². The summed E-state index contributed by atoms with van der Waals surface area (Å²) in [5.41, 5.74) is 4.35. The summed E-state index contributed by atoms with van der Waals surface area (Å²) in [5, 5.41) is 7.69. The molecule has 0 aromatic heterocycles. The third kappa shape index (κ3) is 4.25. The van der Waals surface area contributed by atoms with Crippen molar-refractivity contribution >= 4 is 17.5 Å². The first-order valence-corrected chi connectivity index (χ1v) is 8.61. The lowest BCUT2D eigenvalue weighted by molar-refractivity contribution is -0.695. The van der Waals surface area contributed by atoms with Crippen molar-refractivity contribution in [2.45, 2.75) is 38.9 Å². The number of nitrogens with one attached hydrogen (secondary N) is 2. The maximum atomic E-state index is 12.5. The zero-order valence-electron chi connectivity index (χ0n) is 14.6. The molecule has 130 valence electrons. The van der Waals surface area contributed by atoms with E-state index in [9.17, 15) is 9.59 Å². The molecule has 1 aliphatic rings. The largest absolute Gasteiger partial charge is 0.339 e. The van der Waals surface area contributed by atoms with Crippen molar-refractivity contribution in [2.75, 3.05) is 5.32 Å². The lowest BCUT2D eigenvalue weighted by Crippen LogP contribution is -2.93. The van der Waals surface area contributed by atoms with Crippen molar-refractivity contribution in [1.82, 2.24) is 5.32 Å². The third-order valence-corrected chi connectivity index (χ3v) is 4.59. The third-order valence-electron chi connectivity index (χ3n) is 4.59. The minimum Gasteiger partial charge on any atom is -0.339 e. The topological polar surface area (TPSA) is 74.8 Å². The van der Waals surface area contributed by atoms with Crippen LogP contribution in [-0.2, 0) is 22.6 Å². The number of nitrogens with two attached hydrogens (primary N) is 1. The number of hydrogen-bond acceptors (Lipinski definition) is 2. The number of aryl methyl sites for hydroxylation is 1. The van der Waals surface area contributed by atoms with Crippen molar-refractivity contribution < 1.29 is 14.9 Å². The molecule has 2 amide bonds. The SMILES string of the molecule is Cc1ccc(NC(=O)[C@@H](C)NC(=O)[C@@H]2Cc3ccccc3C[NH2+]2)cc1. The minimum atomic E-state index is -0.584. The first-order chi connectivity index (χ1) is 12.0. The monoisotopic (exact) mass is 338 g/mol. The van der Waals surface area contributed by atoms with Gasteiger partial charge in [0.1, 0.15) is 12.6 Å². The van der Waals surface area contributed by atoms with Crippen LogP contribution in [0.4, 0.5) is 5.69 Å². The molecule has 0 fully saturated rings. The van der Waals surface area contributed by atoms with Crippen LogP contribution in [0.15, 0.2) is 48.5 Å². The van der Waals surface area contributed by atoms with Gasteiger partial charge in [-0.1, -0.05) is 42.0 Å². The molecule has 25 heavy (non-hydrogen) atoms. The number of amides is 2. The molecule has 4 N–H and O–H groups in total. The standard InChI is InChI=1S/C20H23N3O2/c1-13-7-9-17(10-8-13)23-19(24)14(2)22-20(25)18-11-15-5-3-4-6-16(15)12-21-18/h3-10,14,18,21H,11-12H2,1-2H3,(H,22,25)(H,23,24)/p+1/t14-,18+/m1/s1. The van der Waals surface area contributed by atoms with Gasteiger partial charge in [0.05, 0.1) is 0 Å². The van der Waals surface area contributed by atoms with Gasteiger partial charge in [0.25, 0.3) is 5.91 Å². The Labute approximate surface area is 147 Å². The van der Waals surface area contributed by atoms with Gasteiger partial charge in [-0.3, -0.25) is 9.59 Å². The van der Waals surface area contributed by atoms with Crippen LogP contribution in [0.25, 0.3) is 0 Å². The molecule has 2 aromatic carbocycles. The number of rotatable bonds is 4. The quantitative estimate of drug-likeness (QED) is 0.782. The van der Waals surface area contributed by atoms with Gasteiger partial charge in [-0.05, 0) is 31.5 Å². The average molecular weight is 338 g/mol. The molecule has 0 saturated carbocycles. The van der Waals surface area contributed by atoms with Crippen molar-refractivity contribution in [1.29, 1.82) is 0 Å². The van der Waals surface area contributed by atoms with E-state index in [0.29, 0.717) is 6.42 Å². The van der Waals surface area contributed by atoms with E-state index in [1.54, 1.807) is 6.92 Å². The molecule has 0 spiro atoms. The number of hydrogen-bond donors (Lipinski definition) is 3. The Bertz CT molecular complexity index is 771. The highest BCUT2D eigenvalue weighted by molar-refractivity contribution is 5.97. The summed E-state index contributed by atoms with van der Waals surface area (Å²) >= 11 is 0. The zero-order valence-corrected chi connectivity index (χ0v) is 14.6. The van der Waals surface area contributed by atoms with Gasteiger partial charge in [-0.2, -0.15) is 0 Å². The second kappa shape index (κ2) is 7.49. The zero-order chi connectivity index (χ0) is 17.8. The first kappa shape index (κ1) is 17.2. The van der Waals surface area contributed by atoms with E-state index < -0.39 is 6.04 Å². The second-order valence-corrected chi connectivity index (χ2v) is 6.60. The van der Waals surface area contributed by atoms with Gasteiger partial charge in [-0.15, -0.1) is 0 Å². The summed E-state index contributed by atoms with van der Waals surface area (Å²) in [6.45, 7) is 4.49. The van der Waals surface area contributed by atoms with Gasteiger partial charge in [-0.25, -0.2) is 0 Å². The number of anilines is 1. The summed E-state index contributed by atoms with van der Waals surface area (Å²) in [5.74, 6) is -0.311. The van der Waals surface area contributed by atoms with Gasteiger partial charge < -0.3 is 16.0 Å². The van der Waals surface area contributed by atoms with Crippen LogP contribution < -0.4 is 16.0 Å². The molecule has 5 heteroatoms. The van der Waals surface area contributed by atoms with Crippen LogP contribution in [0.1, 0.15) is 23.6 Å². The second-order valence-electron chi connectivity index (χ2n) is 6.60. The number of carbonyl (C=O) groups is 2. The normalized spacial score (nSPS) is 17.3. The van der Waals surface area contributed by atoms with E-state index in [-0.39, 0.29) is 17.9 Å². The Balaban J connectivity index is 1.55. The Morgan fingerprint density at radius 2 is 1.76 bits per heavy atom.